The second kappa shape index (κ2) is 10.8. The maximum Gasteiger partial charge on any atom is 0.0562 e. The molecule has 10 rings (SSSR count). The lowest BCUT2D eigenvalue weighted by Gasteiger charge is -2.28. The van der Waals surface area contributed by atoms with Crippen molar-refractivity contribution < 1.29 is 0 Å². The minimum absolute atomic E-state index is 1.12. The zero-order chi connectivity index (χ0) is 32.5. The molecule has 1 heterocycles. The predicted octanol–water partition coefficient (Wildman–Crippen LogP) is 13.2. The third kappa shape index (κ3) is 4.21. The number of hydrogen-bond donors (Lipinski definition) is 0. The second-order valence-corrected chi connectivity index (χ2v) is 13.0. The number of anilines is 3. The number of para-hydroxylation sites is 2. The van der Waals surface area contributed by atoms with Crippen LogP contribution in [0.5, 0.6) is 0 Å². The van der Waals surface area contributed by atoms with Crippen molar-refractivity contribution in [1.29, 1.82) is 0 Å². The molecule has 0 atom stereocenters. The van der Waals surface area contributed by atoms with Crippen LogP contribution in [-0.4, -0.2) is 4.57 Å². The van der Waals surface area contributed by atoms with E-state index in [0.717, 1.165) is 11.4 Å². The van der Waals surface area contributed by atoms with E-state index in [1.165, 1.54) is 81.8 Å². The summed E-state index contributed by atoms with van der Waals surface area (Å²) in [7, 11) is 0. The number of aromatic nitrogens is 1. The molecule has 0 radical (unpaired) electrons. The molecule has 0 saturated carbocycles. The van der Waals surface area contributed by atoms with Gasteiger partial charge in [-0.3, -0.25) is 0 Å². The van der Waals surface area contributed by atoms with Crippen molar-refractivity contribution in [2.45, 2.75) is 6.92 Å². The van der Waals surface area contributed by atoms with Crippen LogP contribution in [0.4, 0.5) is 17.1 Å². The van der Waals surface area contributed by atoms with Crippen molar-refractivity contribution in [3.63, 3.8) is 0 Å². The molecule has 49 heavy (non-hydrogen) atoms. The summed E-state index contributed by atoms with van der Waals surface area (Å²) in [5.41, 5.74) is 8.22. The van der Waals surface area contributed by atoms with Gasteiger partial charge in [-0.2, -0.15) is 0 Å². The van der Waals surface area contributed by atoms with E-state index in [1.54, 1.807) is 0 Å². The summed E-state index contributed by atoms with van der Waals surface area (Å²) in [6, 6.07) is 64.4. The van der Waals surface area contributed by atoms with Crippen LogP contribution in [0.1, 0.15) is 5.56 Å². The van der Waals surface area contributed by atoms with Gasteiger partial charge in [0.15, 0.2) is 0 Å². The van der Waals surface area contributed by atoms with E-state index in [1.807, 2.05) is 0 Å². The molecule has 0 aliphatic carbocycles. The highest BCUT2D eigenvalue weighted by atomic mass is 15.1. The first-order chi connectivity index (χ1) is 24.2. The molecule has 2 heteroatoms. The van der Waals surface area contributed by atoms with Gasteiger partial charge in [0.2, 0.25) is 0 Å². The van der Waals surface area contributed by atoms with E-state index < -0.39 is 0 Å². The molecule has 0 bridgehead atoms. The summed E-state index contributed by atoms with van der Waals surface area (Å²) in [6.07, 6.45) is 0. The fraction of sp³-hybridized carbons (Fsp3) is 0.0213. The molecule has 10 aromatic rings. The van der Waals surface area contributed by atoms with E-state index in [-0.39, 0.29) is 0 Å². The molecule has 0 fully saturated rings. The maximum atomic E-state index is 2.45. The van der Waals surface area contributed by atoms with Crippen LogP contribution in [0, 0.1) is 6.92 Å². The largest absolute Gasteiger partial charge is 0.310 e. The molecule has 2 nitrogen and oxygen atoms in total. The number of benzene rings is 9. The van der Waals surface area contributed by atoms with Crippen LogP contribution in [0.15, 0.2) is 176 Å². The Hall–Kier alpha value is -6.38. The summed E-state index contributed by atoms with van der Waals surface area (Å²) in [5.74, 6) is 0. The van der Waals surface area contributed by atoms with Crippen LogP contribution in [0.3, 0.4) is 0 Å². The molecule has 0 aliphatic heterocycles. The lowest BCUT2D eigenvalue weighted by atomic mass is 9.94. The number of hydrogen-bond acceptors (Lipinski definition) is 1. The molecule has 0 amide bonds. The monoisotopic (exact) mass is 624 g/mol. The highest BCUT2D eigenvalue weighted by Gasteiger charge is 2.20. The van der Waals surface area contributed by atoms with Gasteiger partial charge >= 0.3 is 0 Å². The van der Waals surface area contributed by atoms with Gasteiger partial charge in [-0.1, -0.05) is 133 Å². The van der Waals surface area contributed by atoms with Crippen LogP contribution in [0.25, 0.3) is 70.6 Å². The van der Waals surface area contributed by atoms with Crippen LogP contribution in [0.2, 0.25) is 0 Å². The highest BCUT2D eigenvalue weighted by molar-refractivity contribution is 6.26. The van der Waals surface area contributed by atoms with Gasteiger partial charge < -0.3 is 9.47 Å². The van der Waals surface area contributed by atoms with Crippen LogP contribution in [-0.2, 0) is 0 Å². The van der Waals surface area contributed by atoms with Gasteiger partial charge in [0.1, 0.15) is 0 Å². The number of rotatable bonds is 4. The molecule has 0 saturated heterocycles. The molecule has 0 spiro atoms. The molecular weight excluding hydrogens is 593 g/mol. The maximum absolute atomic E-state index is 2.45. The van der Waals surface area contributed by atoms with E-state index >= 15 is 0 Å². The Morgan fingerprint density at radius 2 is 0.878 bits per heavy atom. The van der Waals surface area contributed by atoms with E-state index in [4.69, 9.17) is 0 Å². The molecule has 1 aromatic heterocycles. The molecular formula is C47H32N2. The Balaban J connectivity index is 1.27. The van der Waals surface area contributed by atoms with Gasteiger partial charge in [0.05, 0.1) is 16.7 Å². The molecule has 0 unspecified atom stereocenters. The zero-order valence-corrected chi connectivity index (χ0v) is 27.1. The number of nitrogens with zero attached hydrogens (tertiary/aromatic N) is 2. The fourth-order valence-corrected chi connectivity index (χ4v) is 8.04. The van der Waals surface area contributed by atoms with E-state index in [2.05, 4.69) is 192 Å². The Bertz CT molecular complexity index is 2870. The minimum Gasteiger partial charge on any atom is -0.310 e. The lowest BCUT2D eigenvalue weighted by Crippen LogP contribution is -2.11. The zero-order valence-electron chi connectivity index (χ0n) is 27.1. The number of fused-ring (bicyclic) bond motifs is 10. The summed E-state index contributed by atoms with van der Waals surface area (Å²) >= 11 is 0. The topological polar surface area (TPSA) is 8.17 Å². The van der Waals surface area contributed by atoms with Crippen molar-refractivity contribution in [2.75, 3.05) is 4.90 Å². The third-order valence-electron chi connectivity index (χ3n) is 10.3. The Labute approximate surface area is 284 Å². The lowest BCUT2D eigenvalue weighted by molar-refractivity contribution is 1.19. The van der Waals surface area contributed by atoms with Crippen molar-refractivity contribution in [3.8, 4) is 5.69 Å². The van der Waals surface area contributed by atoms with Gasteiger partial charge in [0, 0.05) is 33.2 Å². The first-order valence-electron chi connectivity index (χ1n) is 16.9. The Morgan fingerprint density at radius 1 is 0.367 bits per heavy atom. The molecule has 230 valence electrons. The van der Waals surface area contributed by atoms with E-state index in [9.17, 15) is 0 Å². The van der Waals surface area contributed by atoms with Gasteiger partial charge in [-0.25, -0.2) is 0 Å². The van der Waals surface area contributed by atoms with Crippen molar-refractivity contribution in [3.05, 3.63) is 181 Å². The number of aryl methyl sites for hydroxylation is 1. The normalized spacial score (nSPS) is 11.8. The second-order valence-electron chi connectivity index (χ2n) is 13.0. The molecule has 0 aliphatic rings. The smallest absolute Gasteiger partial charge is 0.0562 e. The van der Waals surface area contributed by atoms with Gasteiger partial charge in [-0.15, -0.1) is 0 Å². The van der Waals surface area contributed by atoms with Crippen molar-refractivity contribution >= 4 is 82.0 Å². The third-order valence-corrected chi connectivity index (χ3v) is 10.3. The first-order valence-corrected chi connectivity index (χ1v) is 16.9. The Morgan fingerprint density at radius 3 is 1.61 bits per heavy atom. The fourth-order valence-electron chi connectivity index (χ4n) is 8.04. The summed E-state index contributed by atoms with van der Waals surface area (Å²) in [5, 5.41) is 12.6. The average molecular weight is 625 g/mol. The minimum atomic E-state index is 1.12. The highest BCUT2D eigenvalue weighted by Crippen LogP contribution is 2.44. The summed E-state index contributed by atoms with van der Waals surface area (Å²) in [4.78, 5) is 2.43. The predicted molar refractivity (Wildman–Crippen MR) is 210 cm³/mol. The van der Waals surface area contributed by atoms with E-state index in [0.29, 0.717) is 0 Å². The summed E-state index contributed by atoms with van der Waals surface area (Å²) < 4.78 is 2.45. The SMILES string of the molecule is Cc1ccccc1N(c1ccc2c3ccccc3c3ccccc3c2c1)c1ccc2c3ccccc3n(-c3cccc4ccccc34)c2c1. The molecule has 9 aromatic carbocycles. The average Bonchev–Trinajstić information content (AvgIpc) is 3.49. The van der Waals surface area contributed by atoms with Crippen molar-refractivity contribution in [2.24, 2.45) is 0 Å². The quantitative estimate of drug-likeness (QED) is 0.177. The molecule has 0 N–H and O–H groups in total. The summed E-state index contributed by atoms with van der Waals surface area (Å²) in [6.45, 7) is 2.21. The van der Waals surface area contributed by atoms with Crippen molar-refractivity contribution in [1.82, 2.24) is 4.57 Å². The standard InChI is InChI=1S/C47H32N2/c1-31-13-2-10-22-44(31)48(33-25-27-40-38-19-6-5-17-36(38)37-18-7-8-20-39(37)43(40)29-33)34-26-28-42-41-21-9-11-23-46(41)49(47(42)30-34)45-24-12-15-32-14-3-4-16-35(32)45/h2-30H,1H3. The van der Waals surface area contributed by atoms with Gasteiger partial charge in [0.25, 0.3) is 0 Å². The Kier molecular flexibility index (Phi) is 6.13. The van der Waals surface area contributed by atoms with Crippen LogP contribution >= 0.6 is 0 Å². The van der Waals surface area contributed by atoms with Gasteiger partial charge in [-0.05, 0) is 92.7 Å². The van der Waals surface area contributed by atoms with Crippen LogP contribution < -0.4 is 4.90 Å². The first kappa shape index (κ1) is 27.7.